The second-order valence-electron chi connectivity index (χ2n) is 5.76. The highest BCUT2D eigenvalue weighted by Crippen LogP contribution is 2.14. The predicted octanol–water partition coefficient (Wildman–Crippen LogP) is 3.38. The van der Waals surface area contributed by atoms with Gasteiger partial charge in [0.15, 0.2) is 5.78 Å². The molecule has 0 unspecified atom stereocenters. The number of benzene rings is 2. The van der Waals surface area contributed by atoms with Crippen LogP contribution in [-0.4, -0.2) is 15.3 Å². The number of nitrogens with zero attached hydrogens (tertiary/aromatic N) is 3. The standard InChI is InChI=1S/C20H17N3O3/c24-20(17-7-4-8-19(13-17)23(25)26)15-22-11-9-18(10-12-22)21-14-16-5-2-1-3-6-16/h1-13H,14-15H2. The van der Waals surface area contributed by atoms with Gasteiger partial charge in [-0.25, -0.2) is 0 Å². The van der Waals surface area contributed by atoms with E-state index in [9.17, 15) is 14.9 Å². The first-order valence-electron chi connectivity index (χ1n) is 8.10. The molecule has 1 heterocycles. The van der Waals surface area contributed by atoms with Crippen molar-refractivity contribution in [3.63, 3.8) is 0 Å². The van der Waals surface area contributed by atoms with E-state index in [1.165, 1.54) is 18.2 Å². The normalized spacial score (nSPS) is 10.3. The minimum atomic E-state index is -0.507. The second-order valence-corrected chi connectivity index (χ2v) is 5.76. The van der Waals surface area contributed by atoms with E-state index in [4.69, 9.17) is 0 Å². The maximum Gasteiger partial charge on any atom is 0.270 e. The molecule has 130 valence electrons. The van der Waals surface area contributed by atoms with Crippen LogP contribution < -0.4 is 5.36 Å². The first-order valence-corrected chi connectivity index (χ1v) is 8.10. The minimum absolute atomic E-state index is 0.0871. The summed E-state index contributed by atoms with van der Waals surface area (Å²) in [6, 6.07) is 19.4. The van der Waals surface area contributed by atoms with Gasteiger partial charge in [0.1, 0.15) is 0 Å². The van der Waals surface area contributed by atoms with Gasteiger partial charge in [0.05, 0.1) is 23.4 Å². The fourth-order valence-electron chi connectivity index (χ4n) is 2.48. The minimum Gasteiger partial charge on any atom is -0.346 e. The first-order chi connectivity index (χ1) is 12.6. The van der Waals surface area contributed by atoms with Crippen molar-refractivity contribution < 1.29 is 9.72 Å². The summed E-state index contributed by atoms with van der Waals surface area (Å²) in [5.74, 6) is -0.187. The first kappa shape index (κ1) is 17.3. The highest BCUT2D eigenvalue weighted by Gasteiger charge is 2.11. The van der Waals surface area contributed by atoms with Crippen LogP contribution in [0.2, 0.25) is 0 Å². The Morgan fingerprint density at radius 1 is 1.00 bits per heavy atom. The van der Waals surface area contributed by atoms with Crippen molar-refractivity contribution in [3.8, 4) is 0 Å². The highest BCUT2D eigenvalue weighted by atomic mass is 16.6. The number of hydrogen-bond donors (Lipinski definition) is 0. The molecule has 0 saturated heterocycles. The molecule has 6 nitrogen and oxygen atoms in total. The maximum atomic E-state index is 12.3. The monoisotopic (exact) mass is 347 g/mol. The molecule has 2 aromatic carbocycles. The van der Waals surface area contributed by atoms with Crippen LogP contribution in [0, 0.1) is 10.1 Å². The van der Waals surface area contributed by atoms with Crippen LogP contribution in [0.5, 0.6) is 0 Å². The Morgan fingerprint density at radius 3 is 2.42 bits per heavy atom. The molecular formula is C20H17N3O3. The third-order valence-corrected chi connectivity index (χ3v) is 3.87. The summed E-state index contributed by atoms with van der Waals surface area (Å²) in [5, 5.41) is 11.6. The van der Waals surface area contributed by atoms with Crippen molar-refractivity contribution in [2.24, 2.45) is 4.99 Å². The molecule has 0 atom stereocenters. The zero-order valence-electron chi connectivity index (χ0n) is 14.0. The van der Waals surface area contributed by atoms with Gasteiger partial charge >= 0.3 is 0 Å². The molecule has 26 heavy (non-hydrogen) atoms. The molecular weight excluding hydrogens is 330 g/mol. The lowest BCUT2D eigenvalue weighted by Crippen LogP contribution is -2.13. The van der Waals surface area contributed by atoms with Gasteiger partial charge in [0.2, 0.25) is 0 Å². The Kier molecular flexibility index (Phi) is 5.34. The van der Waals surface area contributed by atoms with E-state index in [1.807, 2.05) is 42.5 Å². The molecule has 0 spiro atoms. The van der Waals surface area contributed by atoms with Gasteiger partial charge in [-0.2, -0.15) is 0 Å². The molecule has 1 aromatic heterocycles. The van der Waals surface area contributed by atoms with Crippen molar-refractivity contribution in [3.05, 3.63) is 106 Å². The topological polar surface area (TPSA) is 77.5 Å². The average Bonchev–Trinajstić information content (AvgIpc) is 2.68. The second kappa shape index (κ2) is 8.02. The lowest BCUT2D eigenvalue weighted by atomic mass is 10.1. The van der Waals surface area contributed by atoms with Crippen molar-refractivity contribution in [2.45, 2.75) is 13.1 Å². The van der Waals surface area contributed by atoms with E-state index in [-0.39, 0.29) is 18.0 Å². The summed E-state index contributed by atoms with van der Waals surface area (Å²) in [5.41, 5.74) is 1.37. The Hall–Kier alpha value is -3.54. The Labute approximate surface area is 150 Å². The van der Waals surface area contributed by atoms with Crippen molar-refractivity contribution >= 4 is 11.5 Å². The van der Waals surface area contributed by atoms with E-state index in [0.717, 1.165) is 10.9 Å². The quantitative estimate of drug-likeness (QED) is 0.390. The average molecular weight is 347 g/mol. The number of carbonyl (C=O) groups excluding carboxylic acids is 1. The Morgan fingerprint density at radius 2 is 1.73 bits per heavy atom. The van der Waals surface area contributed by atoms with E-state index >= 15 is 0 Å². The zero-order valence-corrected chi connectivity index (χ0v) is 14.0. The van der Waals surface area contributed by atoms with Crippen LogP contribution in [0.1, 0.15) is 15.9 Å². The lowest BCUT2D eigenvalue weighted by molar-refractivity contribution is -0.384. The van der Waals surface area contributed by atoms with Crippen LogP contribution >= 0.6 is 0 Å². The van der Waals surface area contributed by atoms with Gasteiger partial charge in [-0.1, -0.05) is 42.5 Å². The molecule has 0 fully saturated rings. The number of aromatic nitrogens is 1. The summed E-state index contributed by atoms with van der Waals surface area (Å²) in [7, 11) is 0. The molecule has 3 aromatic rings. The molecule has 6 heteroatoms. The molecule has 0 aliphatic rings. The van der Waals surface area contributed by atoms with Crippen molar-refractivity contribution in [2.75, 3.05) is 0 Å². The SMILES string of the molecule is O=C(Cn1ccc(=NCc2ccccc2)cc1)c1cccc([N+](=O)[O-])c1. The third-order valence-electron chi connectivity index (χ3n) is 3.87. The van der Waals surface area contributed by atoms with E-state index < -0.39 is 4.92 Å². The summed E-state index contributed by atoms with van der Waals surface area (Å²) < 4.78 is 1.72. The smallest absolute Gasteiger partial charge is 0.270 e. The molecule has 0 amide bonds. The molecule has 0 aliphatic heterocycles. The molecule has 0 aliphatic carbocycles. The number of Topliss-reactive ketones (excluding diaryl/α,β-unsaturated/α-hetero) is 1. The number of rotatable bonds is 6. The van der Waals surface area contributed by atoms with E-state index in [1.54, 1.807) is 23.0 Å². The Bertz CT molecular complexity index is 974. The van der Waals surface area contributed by atoms with Gasteiger partial charge < -0.3 is 4.57 Å². The molecule has 0 bridgehead atoms. The van der Waals surface area contributed by atoms with E-state index in [0.29, 0.717) is 12.1 Å². The summed E-state index contributed by atoms with van der Waals surface area (Å²) in [6.45, 7) is 0.706. The molecule has 3 rings (SSSR count). The third kappa shape index (κ3) is 4.51. The highest BCUT2D eigenvalue weighted by molar-refractivity contribution is 5.96. The molecule has 0 radical (unpaired) electrons. The predicted molar refractivity (Wildman–Crippen MR) is 97.6 cm³/mol. The van der Waals surface area contributed by atoms with Crippen LogP contribution in [0.4, 0.5) is 5.69 Å². The van der Waals surface area contributed by atoms with Crippen LogP contribution in [0.25, 0.3) is 0 Å². The van der Waals surface area contributed by atoms with Crippen LogP contribution in [0.15, 0.2) is 84.1 Å². The lowest BCUT2D eigenvalue weighted by Gasteiger charge is -2.05. The summed E-state index contributed by atoms with van der Waals surface area (Å²) >= 11 is 0. The number of nitro benzene ring substituents is 1. The number of non-ortho nitro benzene ring substituents is 1. The summed E-state index contributed by atoms with van der Waals surface area (Å²) in [6.07, 6.45) is 3.55. The number of carbonyl (C=O) groups is 1. The van der Waals surface area contributed by atoms with Gasteiger partial charge in [-0.3, -0.25) is 19.9 Å². The van der Waals surface area contributed by atoms with Crippen molar-refractivity contribution in [1.82, 2.24) is 4.57 Å². The Balaban J connectivity index is 1.68. The maximum absolute atomic E-state index is 12.3. The van der Waals surface area contributed by atoms with Crippen LogP contribution in [0.3, 0.4) is 0 Å². The number of hydrogen-bond acceptors (Lipinski definition) is 4. The zero-order chi connectivity index (χ0) is 18.4. The van der Waals surface area contributed by atoms with Gasteiger partial charge in [-0.15, -0.1) is 0 Å². The molecule has 0 N–H and O–H groups in total. The van der Waals surface area contributed by atoms with Crippen molar-refractivity contribution in [1.29, 1.82) is 0 Å². The summed E-state index contributed by atoms with van der Waals surface area (Å²) in [4.78, 5) is 27.1. The van der Waals surface area contributed by atoms with Gasteiger partial charge in [0.25, 0.3) is 5.69 Å². The fourth-order valence-corrected chi connectivity index (χ4v) is 2.48. The number of pyridine rings is 1. The van der Waals surface area contributed by atoms with Gasteiger partial charge in [-0.05, 0) is 17.7 Å². The number of ketones is 1. The van der Waals surface area contributed by atoms with E-state index in [2.05, 4.69) is 4.99 Å². The largest absolute Gasteiger partial charge is 0.346 e. The fraction of sp³-hybridized carbons (Fsp3) is 0.100. The number of nitro groups is 1. The van der Waals surface area contributed by atoms with Gasteiger partial charge in [0, 0.05) is 30.1 Å². The molecule has 0 saturated carbocycles. The van der Waals surface area contributed by atoms with Crippen LogP contribution in [-0.2, 0) is 13.1 Å².